The Hall–Kier alpha value is -2.31. The molecule has 1 amide bonds. The van der Waals surface area contributed by atoms with Gasteiger partial charge in [-0.2, -0.15) is 13.2 Å². The van der Waals surface area contributed by atoms with Crippen molar-refractivity contribution in [2.75, 3.05) is 0 Å². The van der Waals surface area contributed by atoms with E-state index < -0.39 is 28.6 Å². The Morgan fingerprint density at radius 1 is 1.21 bits per heavy atom. The van der Waals surface area contributed by atoms with E-state index in [2.05, 4.69) is 5.32 Å². The molecule has 1 heterocycles. The summed E-state index contributed by atoms with van der Waals surface area (Å²) in [5.41, 5.74) is -1.99. The summed E-state index contributed by atoms with van der Waals surface area (Å²) in [6.45, 7) is 7.47. The number of benzene rings is 1. The van der Waals surface area contributed by atoms with Gasteiger partial charge in [0.2, 0.25) is 5.43 Å². The summed E-state index contributed by atoms with van der Waals surface area (Å²) in [5, 5.41) is 2.55. The molecule has 0 atom stereocenters. The quantitative estimate of drug-likeness (QED) is 0.909. The second-order valence-corrected chi connectivity index (χ2v) is 6.59. The molecule has 0 spiro atoms. The first-order valence-electron chi connectivity index (χ1n) is 7.51. The fourth-order valence-corrected chi connectivity index (χ4v) is 2.41. The SMILES string of the molecule is CCn1cc(C(=O)NC(C)(C)C)c(=O)c2cc(C(F)(F)F)ccc21. The van der Waals surface area contributed by atoms with Crippen molar-refractivity contribution >= 4 is 16.8 Å². The van der Waals surface area contributed by atoms with Gasteiger partial charge in [0.15, 0.2) is 0 Å². The van der Waals surface area contributed by atoms with E-state index in [4.69, 9.17) is 0 Å². The minimum Gasteiger partial charge on any atom is -0.347 e. The molecule has 130 valence electrons. The van der Waals surface area contributed by atoms with Crippen molar-refractivity contribution in [1.82, 2.24) is 9.88 Å². The van der Waals surface area contributed by atoms with E-state index in [9.17, 15) is 22.8 Å². The van der Waals surface area contributed by atoms with Gasteiger partial charge < -0.3 is 9.88 Å². The summed E-state index contributed by atoms with van der Waals surface area (Å²) in [6, 6.07) is 3.00. The Balaban J connectivity index is 2.72. The number of carbonyl (C=O) groups is 1. The zero-order valence-corrected chi connectivity index (χ0v) is 13.9. The smallest absolute Gasteiger partial charge is 0.347 e. The normalized spacial score (nSPS) is 12.5. The van der Waals surface area contributed by atoms with Crippen LogP contribution in [0.15, 0.2) is 29.2 Å². The van der Waals surface area contributed by atoms with Crippen LogP contribution in [0.1, 0.15) is 43.6 Å². The summed E-state index contributed by atoms with van der Waals surface area (Å²) in [7, 11) is 0. The predicted octanol–water partition coefficient (Wildman–Crippen LogP) is 3.57. The number of alkyl halides is 3. The Bertz CT molecular complexity index is 846. The van der Waals surface area contributed by atoms with Gasteiger partial charge in [-0.25, -0.2) is 0 Å². The maximum absolute atomic E-state index is 12.9. The summed E-state index contributed by atoms with van der Waals surface area (Å²) in [5.74, 6) is -0.603. The Morgan fingerprint density at radius 3 is 2.33 bits per heavy atom. The number of nitrogens with one attached hydrogen (secondary N) is 1. The molecule has 2 aromatic rings. The number of amides is 1. The van der Waals surface area contributed by atoms with Gasteiger partial charge in [0.25, 0.3) is 5.91 Å². The molecule has 0 fully saturated rings. The highest BCUT2D eigenvalue weighted by Crippen LogP contribution is 2.30. The van der Waals surface area contributed by atoms with Crippen molar-refractivity contribution in [3.63, 3.8) is 0 Å². The number of hydrogen-bond acceptors (Lipinski definition) is 2. The van der Waals surface area contributed by atoms with Gasteiger partial charge in [0, 0.05) is 23.7 Å². The van der Waals surface area contributed by atoms with Gasteiger partial charge in [-0.3, -0.25) is 9.59 Å². The molecule has 1 aromatic heterocycles. The molecule has 4 nitrogen and oxygen atoms in total. The van der Waals surface area contributed by atoms with Crippen LogP contribution in [0.5, 0.6) is 0 Å². The first-order valence-corrected chi connectivity index (χ1v) is 7.51. The average Bonchev–Trinajstić information content (AvgIpc) is 2.44. The molecule has 0 saturated carbocycles. The first-order chi connectivity index (χ1) is 10.9. The van der Waals surface area contributed by atoms with E-state index in [1.807, 2.05) is 0 Å². The highest BCUT2D eigenvalue weighted by Gasteiger charge is 2.31. The van der Waals surface area contributed by atoms with Crippen LogP contribution in [0.25, 0.3) is 10.9 Å². The number of nitrogens with zero attached hydrogens (tertiary/aromatic N) is 1. The molecular formula is C17H19F3N2O2. The van der Waals surface area contributed by atoms with E-state index in [1.54, 1.807) is 32.3 Å². The van der Waals surface area contributed by atoms with Crippen LogP contribution in [0.3, 0.4) is 0 Å². The van der Waals surface area contributed by atoms with Crippen LogP contribution < -0.4 is 10.7 Å². The molecule has 0 aliphatic heterocycles. The van der Waals surface area contributed by atoms with Crippen LogP contribution in [-0.4, -0.2) is 16.0 Å². The van der Waals surface area contributed by atoms with Crippen molar-refractivity contribution in [2.45, 2.75) is 46.0 Å². The molecule has 0 bridgehead atoms. The number of hydrogen-bond donors (Lipinski definition) is 1. The minimum absolute atomic E-state index is 0.117. The zero-order valence-electron chi connectivity index (χ0n) is 13.9. The van der Waals surface area contributed by atoms with E-state index in [0.717, 1.165) is 12.1 Å². The topological polar surface area (TPSA) is 51.1 Å². The molecule has 1 aromatic carbocycles. The predicted molar refractivity (Wildman–Crippen MR) is 86.1 cm³/mol. The van der Waals surface area contributed by atoms with E-state index in [-0.39, 0.29) is 10.9 Å². The largest absolute Gasteiger partial charge is 0.416 e. The standard InChI is InChI=1S/C17H19F3N2O2/c1-5-22-9-12(15(24)21-16(2,3)4)14(23)11-8-10(17(18,19)20)6-7-13(11)22/h6-9H,5H2,1-4H3,(H,21,24). The van der Waals surface area contributed by atoms with Gasteiger partial charge >= 0.3 is 6.18 Å². The Labute approximate surface area is 137 Å². The van der Waals surface area contributed by atoms with E-state index >= 15 is 0 Å². The highest BCUT2D eigenvalue weighted by molar-refractivity contribution is 5.97. The molecular weight excluding hydrogens is 321 g/mol. The van der Waals surface area contributed by atoms with Crippen LogP contribution in [0, 0.1) is 0 Å². The summed E-state index contributed by atoms with van der Waals surface area (Å²) >= 11 is 0. The summed E-state index contributed by atoms with van der Waals surface area (Å²) in [4.78, 5) is 24.9. The van der Waals surface area contributed by atoms with E-state index in [1.165, 1.54) is 12.3 Å². The Kier molecular flexibility index (Phi) is 4.48. The fourth-order valence-electron chi connectivity index (χ4n) is 2.41. The number of carbonyl (C=O) groups excluding carboxylic acids is 1. The number of rotatable bonds is 2. The maximum atomic E-state index is 12.9. The molecule has 7 heteroatoms. The third-order valence-corrected chi connectivity index (χ3v) is 3.48. The van der Waals surface area contributed by atoms with Crippen LogP contribution in [0.4, 0.5) is 13.2 Å². The number of halogens is 3. The highest BCUT2D eigenvalue weighted by atomic mass is 19.4. The van der Waals surface area contributed by atoms with Crippen molar-refractivity contribution < 1.29 is 18.0 Å². The monoisotopic (exact) mass is 340 g/mol. The lowest BCUT2D eigenvalue weighted by molar-refractivity contribution is -0.137. The number of pyridine rings is 1. The third-order valence-electron chi connectivity index (χ3n) is 3.48. The zero-order chi connectivity index (χ0) is 18.3. The van der Waals surface area contributed by atoms with Crippen molar-refractivity contribution in [3.8, 4) is 0 Å². The fraction of sp³-hybridized carbons (Fsp3) is 0.412. The second kappa shape index (κ2) is 5.96. The molecule has 1 N–H and O–H groups in total. The molecule has 0 radical (unpaired) electrons. The molecule has 2 rings (SSSR count). The molecule has 0 aliphatic rings. The van der Waals surface area contributed by atoms with Gasteiger partial charge in [-0.1, -0.05) is 0 Å². The van der Waals surface area contributed by atoms with E-state index in [0.29, 0.717) is 12.1 Å². The second-order valence-electron chi connectivity index (χ2n) is 6.59. The number of aryl methyl sites for hydroxylation is 1. The first kappa shape index (κ1) is 18.0. The summed E-state index contributed by atoms with van der Waals surface area (Å²) in [6.07, 6.45) is -3.17. The van der Waals surface area contributed by atoms with Crippen LogP contribution >= 0.6 is 0 Å². The summed E-state index contributed by atoms with van der Waals surface area (Å²) < 4.78 is 40.4. The molecule has 0 saturated heterocycles. The number of aromatic nitrogens is 1. The van der Waals surface area contributed by atoms with Gasteiger partial charge in [-0.15, -0.1) is 0 Å². The van der Waals surface area contributed by atoms with Crippen LogP contribution in [0.2, 0.25) is 0 Å². The lowest BCUT2D eigenvalue weighted by Gasteiger charge is -2.21. The molecule has 0 unspecified atom stereocenters. The molecule has 0 aliphatic carbocycles. The van der Waals surface area contributed by atoms with Crippen molar-refractivity contribution in [3.05, 3.63) is 45.7 Å². The minimum atomic E-state index is -4.55. The maximum Gasteiger partial charge on any atom is 0.416 e. The number of fused-ring (bicyclic) bond motifs is 1. The van der Waals surface area contributed by atoms with Crippen LogP contribution in [-0.2, 0) is 12.7 Å². The average molecular weight is 340 g/mol. The van der Waals surface area contributed by atoms with Crippen molar-refractivity contribution in [1.29, 1.82) is 0 Å². The van der Waals surface area contributed by atoms with Gasteiger partial charge in [-0.05, 0) is 45.9 Å². The van der Waals surface area contributed by atoms with Gasteiger partial charge in [0.1, 0.15) is 5.56 Å². The van der Waals surface area contributed by atoms with Crippen molar-refractivity contribution in [2.24, 2.45) is 0 Å². The third kappa shape index (κ3) is 3.60. The Morgan fingerprint density at radius 2 is 1.83 bits per heavy atom. The van der Waals surface area contributed by atoms with Gasteiger partial charge in [0.05, 0.1) is 11.1 Å². The molecule has 24 heavy (non-hydrogen) atoms. The lowest BCUT2D eigenvalue weighted by Crippen LogP contribution is -2.42. The lowest BCUT2D eigenvalue weighted by atomic mass is 10.1.